The molecule has 1 aromatic carbocycles. The van der Waals surface area contributed by atoms with Crippen molar-refractivity contribution in [3.63, 3.8) is 0 Å². The molecule has 0 unspecified atom stereocenters. The van der Waals surface area contributed by atoms with Crippen molar-refractivity contribution in [1.29, 1.82) is 0 Å². The molecule has 5 nitrogen and oxygen atoms in total. The van der Waals surface area contributed by atoms with E-state index < -0.39 is 24.5 Å². The van der Waals surface area contributed by atoms with Gasteiger partial charge in [-0.25, -0.2) is 4.79 Å². The molecule has 0 amide bonds. The van der Waals surface area contributed by atoms with Crippen LogP contribution >= 0.6 is 0 Å². The average molecular weight is 292 g/mol. The van der Waals surface area contributed by atoms with Gasteiger partial charge in [-0.2, -0.15) is 13.2 Å². The molecule has 110 valence electrons. The van der Waals surface area contributed by atoms with Crippen LogP contribution in [0.15, 0.2) is 12.1 Å². The Hall–Kier alpha value is -2.12. The molecule has 0 aromatic heterocycles. The number of phenolic OH excluding ortho intramolecular Hbond substituents is 1. The number of fused-ring (bicyclic) bond motifs is 1. The van der Waals surface area contributed by atoms with E-state index in [2.05, 4.69) is 4.74 Å². The van der Waals surface area contributed by atoms with Crippen molar-refractivity contribution >= 4 is 5.97 Å². The number of ether oxygens (including phenoxy) is 3. The van der Waals surface area contributed by atoms with Crippen LogP contribution in [0.2, 0.25) is 0 Å². The molecule has 1 heterocycles. The van der Waals surface area contributed by atoms with Gasteiger partial charge in [0.15, 0.2) is 18.1 Å². The maximum atomic E-state index is 12.2. The van der Waals surface area contributed by atoms with Gasteiger partial charge in [0.05, 0.1) is 0 Å². The number of benzene rings is 1. The molecular formula is C12H11F3O5. The first kappa shape index (κ1) is 14.3. The number of carbonyl (C=O) groups is 1. The summed E-state index contributed by atoms with van der Waals surface area (Å²) in [6.07, 6.45) is -4.55. The molecule has 0 atom stereocenters. The molecule has 0 saturated carbocycles. The van der Waals surface area contributed by atoms with Crippen LogP contribution < -0.4 is 9.47 Å². The number of hydrogen-bond donors (Lipinski definition) is 1. The van der Waals surface area contributed by atoms with Crippen LogP contribution in [-0.2, 0) is 4.74 Å². The lowest BCUT2D eigenvalue weighted by molar-refractivity contribution is -0.154. The lowest BCUT2D eigenvalue weighted by atomic mass is 10.1. The number of aromatic hydroxyl groups is 1. The number of esters is 1. The van der Waals surface area contributed by atoms with Crippen molar-refractivity contribution in [2.75, 3.05) is 6.61 Å². The van der Waals surface area contributed by atoms with E-state index >= 15 is 0 Å². The first-order valence-corrected chi connectivity index (χ1v) is 5.57. The van der Waals surface area contributed by atoms with Crippen LogP contribution in [0, 0.1) is 0 Å². The molecular weight excluding hydrogens is 281 g/mol. The van der Waals surface area contributed by atoms with E-state index in [1.807, 2.05) is 0 Å². The standard InChI is InChI=1S/C12H11F3O5/c1-11(2)19-9-6(16)3-4-7(8(9)10(17)20-11)18-5-12(13,14)15/h3-4,16H,5H2,1-2H3. The van der Waals surface area contributed by atoms with Gasteiger partial charge in [-0.3, -0.25) is 0 Å². The number of carbonyl (C=O) groups excluding carboxylic acids is 1. The minimum absolute atomic E-state index is 0.258. The highest BCUT2D eigenvalue weighted by molar-refractivity contribution is 5.97. The molecule has 0 spiro atoms. The fraction of sp³-hybridized carbons (Fsp3) is 0.417. The van der Waals surface area contributed by atoms with E-state index in [4.69, 9.17) is 9.47 Å². The predicted octanol–water partition coefficient (Wildman–Crippen LogP) is 2.62. The number of hydrogen-bond acceptors (Lipinski definition) is 5. The van der Waals surface area contributed by atoms with Crippen LogP contribution in [0.3, 0.4) is 0 Å². The van der Waals surface area contributed by atoms with Crippen LogP contribution in [0.5, 0.6) is 17.2 Å². The summed E-state index contributed by atoms with van der Waals surface area (Å²) in [5.74, 6) is -3.26. The number of cyclic esters (lactones) is 1. The first-order valence-electron chi connectivity index (χ1n) is 5.57. The second-order valence-corrected chi connectivity index (χ2v) is 4.58. The molecule has 0 bridgehead atoms. The lowest BCUT2D eigenvalue weighted by Crippen LogP contribution is -2.39. The summed E-state index contributed by atoms with van der Waals surface area (Å²) in [4.78, 5) is 11.8. The smallest absolute Gasteiger partial charge is 0.422 e. The Kier molecular flexibility index (Phi) is 3.19. The van der Waals surface area contributed by atoms with E-state index in [0.717, 1.165) is 12.1 Å². The molecule has 0 fully saturated rings. The Morgan fingerprint density at radius 1 is 1.30 bits per heavy atom. The van der Waals surface area contributed by atoms with Crippen LogP contribution in [0.4, 0.5) is 13.2 Å². The van der Waals surface area contributed by atoms with Crippen molar-refractivity contribution in [2.45, 2.75) is 25.8 Å². The van der Waals surface area contributed by atoms with Gasteiger partial charge in [-0.05, 0) is 12.1 Å². The lowest BCUT2D eigenvalue weighted by Gasteiger charge is -2.32. The van der Waals surface area contributed by atoms with Gasteiger partial charge in [0.25, 0.3) is 0 Å². The average Bonchev–Trinajstić information content (AvgIpc) is 2.26. The molecule has 8 heteroatoms. The van der Waals surface area contributed by atoms with Gasteiger partial charge in [0.1, 0.15) is 11.3 Å². The second kappa shape index (κ2) is 4.46. The molecule has 1 aliphatic heterocycles. The fourth-order valence-electron chi connectivity index (χ4n) is 1.67. The Bertz CT molecular complexity index is 551. The summed E-state index contributed by atoms with van der Waals surface area (Å²) in [6, 6.07) is 2.13. The van der Waals surface area contributed by atoms with Gasteiger partial charge < -0.3 is 19.3 Å². The zero-order chi connectivity index (χ0) is 15.1. The van der Waals surface area contributed by atoms with E-state index in [1.54, 1.807) is 0 Å². The van der Waals surface area contributed by atoms with Gasteiger partial charge in [-0.15, -0.1) is 0 Å². The highest BCUT2D eigenvalue weighted by Gasteiger charge is 2.39. The number of phenols is 1. The SMILES string of the molecule is CC1(C)OC(=O)c2c(OCC(F)(F)F)ccc(O)c2O1. The predicted molar refractivity (Wildman–Crippen MR) is 59.8 cm³/mol. The Balaban J connectivity index is 2.40. The molecule has 0 saturated heterocycles. The Labute approximate surface area is 111 Å². The minimum Gasteiger partial charge on any atom is -0.504 e. The van der Waals surface area contributed by atoms with Gasteiger partial charge in [0, 0.05) is 13.8 Å². The van der Waals surface area contributed by atoms with E-state index in [9.17, 15) is 23.1 Å². The molecule has 20 heavy (non-hydrogen) atoms. The third-order valence-corrected chi connectivity index (χ3v) is 2.38. The largest absolute Gasteiger partial charge is 0.504 e. The quantitative estimate of drug-likeness (QED) is 0.849. The Morgan fingerprint density at radius 2 is 1.95 bits per heavy atom. The van der Waals surface area contributed by atoms with Crippen molar-refractivity contribution in [3.8, 4) is 17.2 Å². The fourth-order valence-corrected chi connectivity index (χ4v) is 1.67. The maximum absolute atomic E-state index is 12.2. The summed E-state index contributed by atoms with van der Waals surface area (Å²) in [5.41, 5.74) is -0.367. The van der Waals surface area contributed by atoms with Crippen LogP contribution in [0.1, 0.15) is 24.2 Å². The highest BCUT2D eigenvalue weighted by atomic mass is 19.4. The monoisotopic (exact) mass is 292 g/mol. The Morgan fingerprint density at radius 3 is 2.55 bits per heavy atom. The topological polar surface area (TPSA) is 65.0 Å². The molecule has 1 aliphatic rings. The van der Waals surface area contributed by atoms with E-state index in [1.165, 1.54) is 13.8 Å². The van der Waals surface area contributed by atoms with Crippen molar-refractivity contribution in [1.82, 2.24) is 0 Å². The summed E-state index contributed by atoms with van der Waals surface area (Å²) in [7, 11) is 0. The summed E-state index contributed by atoms with van der Waals surface area (Å²) >= 11 is 0. The molecule has 2 rings (SSSR count). The third-order valence-electron chi connectivity index (χ3n) is 2.38. The summed E-state index contributed by atoms with van der Waals surface area (Å²) in [5, 5.41) is 9.65. The van der Waals surface area contributed by atoms with Crippen LogP contribution in [0.25, 0.3) is 0 Å². The number of alkyl halides is 3. The zero-order valence-corrected chi connectivity index (χ0v) is 10.6. The van der Waals surface area contributed by atoms with Crippen molar-refractivity contribution in [2.24, 2.45) is 0 Å². The second-order valence-electron chi connectivity index (χ2n) is 4.58. The molecule has 0 radical (unpaired) electrons. The third kappa shape index (κ3) is 2.89. The molecule has 1 N–H and O–H groups in total. The highest BCUT2D eigenvalue weighted by Crippen LogP contribution is 2.43. The van der Waals surface area contributed by atoms with Crippen LogP contribution in [-0.4, -0.2) is 29.6 Å². The van der Waals surface area contributed by atoms with Crippen molar-refractivity contribution < 1.29 is 37.3 Å². The summed E-state index contributed by atoms with van der Waals surface area (Å²) in [6.45, 7) is 1.29. The van der Waals surface area contributed by atoms with Gasteiger partial charge >= 0.3 is 12.1 Å². The van der Waals surface area contributed by atoms with Gasteiger partial charge in [0.2, 0.25) is 5.79 Å². The first-order chi connectivity index (χ1) is 9.09. The number of rotatable bonds is 2. The van der Waals surface area contributed by atoms with Crippen molar-refractivity contribution in [3.05, 3.63) is 17.7 Å². The minimum atomic E-state index is -4.55. The van der Waals surface area contributed by atoms with E-state index in [0.29, 0.717) is 0 Å². The zero-order valence-electron chi connectivity index (χ0n) is 10.6. The molecule has 1 aromatic rings. The van der Waals surface area contributed by atoms with Gasteiger partial charge in [-0.1, -0.05) is 0 Å². The molecule has 0 aliphatic carbocycles. The number of halogens is 3. The van der Waals surface area contributed by atoms with E-state index in [-0.39, 0.29) is 22.8 Å². The summed E-state index contributed by atoms with van der Waals surface area (Å²) < 4.78 is 51.1. The maximum Gasteiger partial charge on any atom is 0.422 e. The normalized spacial score (nSPS) is 16.9.